The summed E-state index contributed by atoms with van der Waals surface area (Å²) in [6.45, 7) is 0.518. The number of nitrogens with one attached hydrogen (secondary N) is 2. The van der Waals surface area contributed by atoms with E-state index in [-0.39, 0.29) is 0 Å². The average molecular weight is 231 g/mol. The predicted molar refractivity (Wildman–Crippen MR) is 65.3 cm³/mol. The highest BCUT2D eigenvalue weighted by Crippen LogP contribution is 2.19. The zero-order valence-corrected chi connectivity index (χ0v) is 9.10. The number of aromatic nitrogens is 2. The van der Waals surface area contributed by atoms with E-state index in [1.807, 2.05) is 6.07 Å². The number of hydrogen-bond donors (Lipinski definition) is 4. The van der Waals surface area contributed by atoms with E-state index in [0.717, 1.165) is 5.69 Å². The van der Waals surface area contributed by atoms with Crippen molar-refractivity contribution in [3.05, 3.63) is 41.7 Å². The monoisotopic (exact) mass is 231 g/mol. The van der Waals surface area contributed by atoms with E-state index in [1.54, 1.807) is 24.4 Å². The van der Waals surface area contributed by atoms with E-state index in [4.69, 9.17) is 11.5 Å². The molecule has 0 unspecified atom stereocenters. The van der Waals surface area contributed by atoms with Crippen molar-refractivity contribution < 1.29 is 4.79 Å². The number of amides is 1. The Morgan fingerprint density at radius 1 is 1.41 bits per heavy atom. The lowest BCUT2D eigenvalue weighted by Crippen LogP contribution is -2.14. The summed E-state index contributed by atoms with van der Waals surface area (Å²) in [5.74, 6) is -0.489. The van der Waals surface area contributed by atoms with Crippen molar-refractivity contribution in [2.24, 2.45) is 5.73 Å². The first-order valence-corrected chi connectivity index (χ1v) is 5.08. The van der Waals surface area contributed by atoms with Crippen LogP contribution in [0.3, 0.4) is 0 Å². The summed E-state index contributed by atoms with van der Waals surface area (Å²) < 4.78 is 0. The van der Waals surface area contributed by atoms with E-state index in [0.29, 0.717) is 23.5 Å². The van der Waals surface area contributed by atoms with Gasteiger partial charge < -0.3 is 16.8 Å². The van der Waals surface area contributed by atoms with Crippen LogP contribution in [0, 0.1) is 0 Å². The van der Waals surface area contributed by atoms with Crippen LogP contribution in [-0.2, 0) is 6.54 Å². The number of carbonyl (C=O) groups is 1. The third-order valence-electron chi connectivity index (χ3n) is 2.34. The lowest BCUT2D eigenvalue weighted by Gasteiger charge is -2.09. The first kappa shape index (κ1) is 11.0. The fourth-order valence-corrected chi connectivity index (χ4v) is 1.50. The Kier molecular flexibility index (Phi) is 2.95. The number of rotatable bonds is 4. The third kappa shape index (κ3) is 2.54. The van der Waals surface area contributed by atoms with Crippen LogP contribution in [0.1, 0.15) is 16.1 Å². The van der Waals surface area contributed by atoms with Gasteiger partial charge in [0.25, 0.3) is 5.91 Å². The summed E-state index contributed by atoms with van der Waals surface area (Å²) in [7, 11) is 0. The molecule has 1 aromatic carbocycles. The van der Waals surface area contributed by atoms with Gasteiger partial charge in [-0.2, -0.15) is 5.10 Å². The normalized spacial score (nSPS) is 10.1. The first-order valence-electron chi connectivity index (χ1n) is 5.08. The molecule has 2 aromatic rings. The maximum atomic E-state index is 11.2. The van der Waals surface area contributed by atoms with Gasteiger partial charge >= 0.3 is 0 Å². The molecule has 6 nitrogen and oxygen atoms in total. The molecule has 0 saturated carbocycles. The number of nitrogens with zero attached hydrogens (tertiary/aromatic N) is 1. The zero-order valence-electron chi connectivity index (χ0n) is 9.10. The number of aromatic amines is 1. The van der Waals surface area contributed by atoms with Gasteiger partial charge in [0.1, 0.15) is 0 Å². The highest BCUT2D eigenvalue weighted by Gasteiger charge is 2.08. The van der Waals surface area contributed by atoms with Gasteiger partial charge in [-0.1, -0.05) is 0 Å². The maximum absolute atomic E-state index is 11.2. The summed E-state index contributed by atoms with van der Waals surface area (Å²) in [6, 6.07) is 6.76. The van der Waals surface area contributed by atoms with Crippen LogP contribution in [0.2, 0.25) is 0 Å². The fraction of sp³-hybridized carbons (Fsp3) is 0.0909. The van der Waals surface area contributed by atoms with Gasteiger partial charge in [-0.15, -0.1) is 0 Å². The highest BCUT2D eigenvalue weighted by atomic mass is 16.1. The van der Waals surface area contributed by atoms with Gasteiger partial charge in [0.2, 0.25) is 0 Å². The molecule has 1 amide bonds. The summed E-state index contributed by atoms with van der Waals surface area (Å²) in [6.07, 6.45) is 1.66. The molecule has 1 heterocycles. The minimum Gasteiger partial charge on any atom is -0.399 e. The zero-order chi connectivity index (χ0) is 12.3. The second kappa shape index (κ2) is 4.56. The lowest BCUT2D eigenvalue weighted by atomic mass is 10.1. The summed E-state index contributed by atoms with van der Waals surface area (Å²) in [5, 5.41) is 9.72. The van der Waals surface area contributed by atoms with Crippen molar-refractivity contribution in [2.45, 2.75) is 6.54 Å². The Balaban J connectivity index is 2.19. The number of benzene rings is 1. The number of hydrogen-bond acceptors (Lipinski definition) is 4. The largest absolute Gasteiger partial charge is 0.399 e. The Labute approximate surface area is 98.0 Å². The minimum atomic E-state index is -0.489. The van der Waals surface area contributed by atoms with Gasteiger partial charge in [-0.05, 0) is 24.3 Å². The molecule has 0 spiro atoms. The number of anilines is 2. The van der Waals surface area contributed by atoms with Crippen molar-refractivity contribution in [3.8, 4) is 0 Å². The van der Waals surface area contributed by atoms with Crippen molar-refractivity contribution in [1.29, 1.82) is 0 Å². The van der Waals surface area contributed by atoms with E-state index in [9.17, 15) is 4.79 Å². The molecule has 2 rings (SSSR count). The van der Waals surface area contributed by atoms with E-state index in [1.165, 1.54) is 0 Å². The van der Waals surface area contributed by atoms with Gasteiger partial charge in [-0.25, -0.2) is 0 Å². The van der Waals surface area contributed by atoms with Crippen LogP contribution in [0.5, 0.6) is 0 Å². The Hall–Kier alpha value is -2.50. The summed E-state index contributed by atoms with van der Waals surface area (Å²) >= 11 is 0. The number of nitrogens with two attached hydrogens (primary N) is 2. The molecule has 0 aliphatic rings. The van der Waals surface area contributed by atoms with Gasteiger partial charge in [0, 0.05) is 17.6 Å². The third-order valence-corrected chi connectivity index (χ3v) is 2.34. The second-order valence-electron chi connectivity index (χ2n) is 3.60. The topological polar surface area (TPSA) is 110 Å². The molecular formula is C11H13N5O. The molecule has 88 valence electrons. The fourth-order valence-electron chi connectivity index (χ4n) is 1.50. The molecule has 0 fully saturated rings. The Bertz CT molecular complexity index is 521. The first-order chi connectivity index (χ1) is 8.16. The number of primary amides is 1. The molecule has 0 radical (unpaired) electrons. The molecule has 6 N–H and O–H groups in total. The number of carbonyl (C=O) groups excluding carboxylic acids is 1. The molecule has 0 saturated heterocycles. The molecule has 1 aromatic heterocycles. The molecular weight excluding hydrogens is 218 g/mol. The summed E-state index contributed by atoms with van der Waals surface area (Å²) in [5.41, 5.74) is 13.4. The molecule has 17 heavy (non-hydrogen) atoms. The second-order valence-corrected chi connectivity index (χ2v) is 3.60. The van der Waals surface area contributed by atoms with Crippen LogP contribution in [0.15, 0.2) is 30.5 Å². The van der Waals surface area contributed by atoms with E-state index in [2.05, 4.69) is 15.5 Å². The van der Waals surface area contributed by atoms with Gasteiger partial charge in [0.05, 0.1) is 17.8 Å². The standard InChI is InChI=1S/C11H13N5O/c12-7-1-2-9(11(13)17)10(5-7)14-6-8-3-4-15-16-8/h1-5,14H,6,12H2,(H2,13,17)(H,15,16). The van der Waals surface area contributed by atoms with Crippen LogP contribution in [0.4, 0.5) is 11.4 Å². The van der Waals surface area contributed by atoms with Crippen molar-refractivity contribution >= 4 is 17.3 Å². The van der Waals surface area contributed by atoms with E-state index < -0.39 is 5.91 Å². The average Bonchev–Trinajstić information content (AvgIpc) is 2.78. The predicted octanol–water partition coefficient (Wildman–Crippen LogP) is 0.703. The molecule has 0 atom stereocenters. The maximum Gasteiger partial charge on any atom is 0.250 e. The van der Waals surface area contributed by atoms with Crippen molar-refractivity contribution in [1.82, 2.24) is 10.2 Å². The smallest absolute Gasteiger partial charge is 0.250 e. The number of H-pyrrole nitrogens is 1. The molecule has 0 bridgehead atoms. The summed E-state index contributed by atoms with van der Waals surface area (Å²) in [4.78, 5) is 11.2. The van der Waals surface area contributed by atoms with E-state index >= 15 is 0 Å². The lowest BCUT2D eigenvalue weighted by molar-refractivity contribution is 0.100. The van der Waals surface area contributed by atoms with Gasteiger partial charge in [-0.3, -0.25) is 9.89 Å². The molecule has 0 aliphatic heterocycles. The quantitative estimate of drug-likeness (QED) is 0.580. The van der Waals surface area contributed by atoms with Crippen molar-refractivity contribution in [2.75, 3.05) is 11.1 Å². The van der Waals surface area contributed by atoms with Crippen LogP contribution in [-0.4, -0.2) is 16.1 Å². The van der Waals surface area contributed by atoms with Crippen LogP contribution in [0.25, 0.3) is 0 Å². The SMILES string of the molecule is NC(=O)c1ccc(N)cc1NCc1ccn[nH]1. The number of nitrogen functional groups attached to an aromatic ring is 1. The van der Waals surface area contributed by atoms with Crippen molar-refractivity contribution in [3.63, 3.8) is 0 Å². The molecule has 6 heteroatoms. The molecule has 0 aliphatic carbocycles. The Morgan fingerprint density at radius 2 is 2.24 bits per heavy atom. The van der Waals surface area contributed by atoms with Crippen LogP contribution >= 0.6 is 0 Å². The van der Waals surface area contributed by atoms with Crippen LogP contribution < -0.4 is 16.8 Å². The Morgan fingerprint density at radius 3 is 2.88 bits per heavy atom. The highest BCUT2D eigenvalue weighted by molar-refractivity contribution is 5.99. The van der Waals surface area contributed by atoms with Gasteiger partial charge in [0.15, 0.2) is 0 Å². The minimum absolute atomic E-state index is 0.415.